The van der Waals surface area contributed by atoms with Crippen molar-refractivity contribution >= 4 is 11.6 Å². The first-order chi connectivity index (χ1) is 10.1. The molecule has 0 aromatic carbocycles. The van der Waals surface area contributed by atoms with Gasteiger partial charge in [0.2, 0.25) is 5.88 Å². The number of pyridine rings is 1. The Balaban J connectivity index is 1.95. The molecule has 0 radical (unpaired) electrons. The fourth-order valence-electron chi connectivity index (χ4n) is 2.83. The molecule has 21 heavy (non-hydrogen) atoms. The van der Waals surface area contributed by atoms with Crippen molar-refractivity contribution in [2.45, 2.75) is 59.1 Å². The quantitative estimate of drug-likeness (QED) is 0.789. The summed E-state index contributed by atoms with van der Waals surface area (Å²) in [6.45, 7) is 8.56. The van der Waals surface area contributed by atoms with Gasteiger partial charge in [-0.15, -0.1) is 0 Å². The van der Waals surface area contributed by atoms with Crippen LogP contribution in [0.4, 0.5) is 0 Å². The van der Waals surface area contributed by atoms with Gasteiger partial charge in [0.25, 0.3) is 0 Å². The van der Waals surface area contributed by atoms with E-state index < -0.39 is 0 Å². The smallest absolute Gasteiger partial charge is 0.213 e. The minimum atomic E-state index is 0.293. The summed E-state index contributed by atoms with van der Waals surface area (Å²) in [4.78, 5) is 4.32. The lowest BCUT2D eigenvalue weighted by atomic mass is 9.80. The van der Waals surface area contributed by atoms with Gasteiger partial charge in [0.1, 0.15) is 6.10 Å². The Kier molecular flexibility index (Phi) is 6.31. The van der Waals surface area contributed by atoms with Crippen LogP contribution < -0.4 is 10.1 Å². The third kappa shape index (κ3) is 4.86. The second-order valence-corrected chi connectivity index (χ2v) is 6.71. The van der Waals surface area contributed by atoms with Gasteiger partial charge in [-0.3, -0.25) is 0 Å². The van der Waals surface area contributed by atoms with Crippen molar-refractivity contribution in [2.24, 2.45) is 11.8 Å². The van der Waals surface area contributed by atoms with Crippen LogP contribution in [-0.2, 0) is 6.54 Å². The minimum absolute atomic E-state index is 0.293. The van der Waals surface area contributed by atoms with Crippen LogP contribution in [0.25, 0.3) is 0 Å². The second-order valence-electron chi connectivity index (χ2n) is 6.30. The molecule has 0 spiro atoms. The third-order valence-electron chi connectivity index (χ3n) is 4.49. The van der Waals surface area contributed by atoms with Gasteiger partial charge < -0.3 is 10.1 Å². The Morgan fingerprint density at radius 1 is 1.33 bits per heavy atom. The topological polar surface area (TPSA) is 34.1 Å². The van der Waals surface area contributed by atoms with Crippen molar-refractivity contribution < 1.29 is 4.74 Å². The van der Waals surface area contributed by atoms with E-state index in [1.165, 1.54) is 6.42 Å². The van der Waals surface area contributed by atoms with Crippen LogP contribution in [0.2, 0.25) is 5.02 Å². The zero-order valence-corrected chi connectivity index (χ0v) is 14.1. The van der Waals surface area contributed by atoms with E-state index in [4.69, 9.17) is 16.3 Å². The summed E-state index contributed by atoms with van der Waals surface area (Å²) in [6, 6.07) is 1.98. The van der Waals surface area contributed by atoms with Crippen molar-refractivity contribution in [3.63, 3.8) is 0 Å². The molecule has 1 aliphatic carbocycles. The number of nitrogens with one attached hydrogen (secondary N) is 1. The Morgan fingerprint density at radius 2 is 2.14 bits per heavy atom. The summed E-state index contributed by atoms with van der Waals surface area (Å²) >= 11 is 6.20. The SMILES string of the molecule is CCCNCc1cc(OC2CCC(C)C(C)C2)ncc1Cl. The highest BCUT2D eigenvalue weighted by Gasteiger charge is 2.26. The van der Waals surface area contributed by atoms with Gasteiger partial charge >= 0.3 is 0 Å². The summed E-state index contributed by atoms with van der Waals surface area (Å²) in [6.07, 6.45) is 6.60. The van der Waals surface area contributed by atoms with Gasteiger partial charge in [0, 0.05) is 18.8 Å². The Morgan fingerprint density at radius 3 is 2.86 bits per heavy atom. The molecule has 4 heteroatoms. The van der Waals surface area contributed by atoms with E-state index in [0.717, 1.165) is 49.8 Å². The first-order valence-electron chi connectivity index (χ1n) is 8.12. The third-order valence-corrected chi connectivity index (χ3v) is 4.83. The first kappa shape index (κ1) is 16.6. The maximum Gasteiger partial charge on any atom is 0.213 e. The molecule has 1 aromatic rings. The minimum Gasteiger partial charge on any atom is -0.474 e. The molecule has 0 amide bonds. The van der Waals surface area contributed by atoms with Crippen LogP contribution in [0.1, 0.15) is 52.0 Å². The lowest BCUT2D eigenvalue weighted by molar-refractivity contribution is 0.0964. The van der Waals surface area contributed by atoms with E-state index in [1.54, 1.807) is 6.20 Å². The van der Waals surface area contributed by atoms with Gasteiger partial charge in [-0.2, -0.15) is 0 Å². The monoisotopic (exact) mass is 310 g/mol. The van der Waals surface area contributed by atoms with Crippen molar-refractivity contribution in [1.82, 2.24) is 10.3 Å². The molecule has 1 aromatic heterocycles. The molecule has 118 valence electrons. The average molecular weight is 311 g/mol. The van der Waals surface area contributed by atoms with Gasteiger partial charge in [-0.1, -0.05) is 32.4 Å². The van der Waals surface area contributed by atoms with Crippen molar-refractivity contribution in [2.75, 3.05) is 6.54 Å². The largest absolute Gasteiger partial charge is 0.474 e. The lowest BCUT2D eigenvalue weighted by Gasteiger charge is -2.32. The highest BCUT2D eigenvalue weighted by atomic mass is 35.5. The summed E-state index contributed by atoms with van der Waals surface area (Å²) in [5.41, 5.74) is 1.06. The standard InChI is InChI=1S/C17H27ClN2O/c1-4-7-19-10-14-9-17(20-11-16(14)18)21-15-6-5-12(2)13(3)8-15/h9,11-13,15,19H,4-8,10H2,1-3H3. The van der Waals surface area contributed by atoms with E-state index in [2.05, 4.69) is 31.1 Å². The van der Waals surface area contributed by atoms with E-state index in [9.17, 15) is 0 Å². The maximum atomic E-state index is 6.20. The van der Waals surface area contributed by atoms with Gasteiger partial charge in [-0.05, 0) is 49.6 Å². The summed E-state index contributed by atoms with van der Waals surface area (Å²) < 4.78 is 6.08. The highest BCUT2D eigenvalue weighted by molar-refractivity contribution is 6.31. The van der Waals surface area contributed by atoms with Crippen molar-refractivity contribution in [1.29, 1.82) is 0 Å². The van der Waals surface area contributed by atoms with Crippen LogP contribution in [0, 0.1) is 11.8 Å². The van der Waals surface area contributed by atoms with Crippen LogP contribution >= 0.6 is 11.6 Å². The van der Waals surface area contributed by atoms with Crippen molar-refractivity contribution in [3.8, 4) is 5.88 Å². The van der Waals surface area contributed by atoms with E-state index in [-0.39, 0.29) is 0 Å². The fourth-order valence-corrected chi connectivity index (χ4v) is 3.00. The molecule has 0 bridgehead atoms. The molecule has 3 nitrogen and oxygen atoms in total. The summed E-state index contributed by atoms with van der Waals surface area (Å²) in [7, 11) is 0. The molecular formula is C17H27ClN2O. The van der Waals surface area contributed by atoms with Crippen LogP contribution in [0.3, 0.4) is 0 Å². The maximum absolute atomic E-state index is 6.20. The zero-order valence-electron chi connectivity index (χ0n) is 13.4. The molecule has 1 N–H and O–H groups in total. The number of halogens is 1. The normalized spacial score (nSPS) is 25.8. The fraction of sp³-hybridized carbons (Fsp3) is 0.706. The number of nitrogens with zero attached hydrogens (tertiary/aromatic N) is 1. The first-order valence-corrected chi connectivity index (χ1v) is 8.49. The number of ether oxygens (including phenoxy) is 1. The van der Waals surface area contributed by atoms with Gasteiger partial charge in [-0.25, -0.2) is 4.98 Å². The Labute approximate surface area is 133 Å². The van der Waals surface area contributed by atoms with Crippen LogP contribution in [0.15, 0.2) is 12.3 Å². The van der Waals surface area contributed by atoms with Gasteiger partial charge in [0.15, 0.2) is 0 Å². The molecule has 1 saturated carbocycles. The van der Waals surface area contributed by atoms with Crippen LogP contribution in [-0.4, -0.2) is 17.6 Å². The average Bonchev–Trinajstić information content (AvgIpc) is 2.46. The molecule has 3 atom stereocenters. The van der Waals surface area contributed by atoms with E-state index in [0.29, 0.717) is 17.0 Å². The molecule has 2 rings (SSSR count). The lowest BCUT2D eigenvalue weighted by Crippen LogP contribution is -2.29. The van der Waals surface area contributed by atoms with E-state index >= 15 is 0 Å². The molecule has 0 aliphatic heterocycles. The molecule has 1 aliphatic rings. The molecular weight excluding hydrogens is 284 g/mol. The molecule has 0 saturated heterocycles. The predicted octanol–water partition coefficient (Wildman–Crippen LogP) is 4.44. The molecule has 1 fully saturated rings. The Bertz CT molecular complexity index is 452. The zero-order chi connectivity index (χ0) is 15.2. The molecule has 1 heterocycles. The van der Waals surface area contributed by atoms with Crippen LogP contribution in [0.5, 0.6) is 5.88 Å². The number of rotatable bonds is 6. The molecule has 3 unspecified atom stereocenters. The number of aromatic nitrogens is 1. The Hall–Kier alpha value is -0.800. The summed E-state index contributed by atoms with van der Waals surface area (Å²) in [5.74, 6) is 2.23. The van der Waals surface area contributed by atoms with E-state index in [1.807, 2.05) is 6.07 Å². The van der Waals surface area contributed by atoms with Gasteiger partial charge in [0.05, 0.1) is 5.02 Å². The van der Waals surface area contributed by atoms with Crippen molar-refractivity contribution in [3.05, 3.63) is 22.8 Å². The second kappa shape index (κ2) is 8.00. The number of hydrogen-bond donors (Lipinski definition) is 1. The number of hydrogen-bond acceptors (Lipinski definition) is 3. The predicted molar refractivity (Wildman–Crippen MR) is 87.8 cm³/mol. The highest BCUT2D eigenvalue weighted by Crippen LogP contribution is 2.32. The summed E-state index contributed by atoms with van der Waals surface area (Å²) in [5, 5.41) is 4.07.